The zero-order valence-electron chi connectivity index (χ0n) is 7.90. The SMILES string of the molecule is C[C@H]1[C@@H]2CCCC[C@H]2O[C@H]1C(=O)O. The highest BCUT2D eigenvalue weighted by molar-refractivity contribution is 5.73. The van der Waals surface area contributed by atoms with Gasteiger partial charge in [0.05, 0.1) is 6.10 Å². The van der Waals surface area contributed by atoms with Crippen LogP contribution in [0.1, 0.15) is 32.6 Å². The molecule has 2 fully saturated rings. The van der Waals surface area contributed by atoms with Crippen molar-refractivity contribution in [3.63, 3.8) is 0 Å². The zero-order valence-corrected chi connectivity index (χ0v) is 7.90. The first-order chi connectivity index (χ1) is 6.20. The number of carboxylic acid groups (broad SMARTS) is 1. The average Bonchev–Trinajstić information content (AvgIpc) is 2.45. The number of rotatable bonds is 1. The topological polar surface area (TPSA) is 46.5 Å². The lowest BCUT2D eigenvalue weighted by Crippen LogP contribution is -2.26. The van der Waals surface area contributed by atoms with Crippen molar-refractivity contribution in [3.05, 3.63) is 0 Å². The predicted molar refractivity (Wildman–Crippen MR) is 47.4 cm³/mol. The van der Waals surface area contributed by atoms with Gasteiger partial charge < -0.3 is 9.84 Å². The van der Waals surface area contributed by atoms with Crippen LogP contribution < -0.4 is 0 Å². The fourth-order valence-electron chi connectivity index (χ4n) is 2.72. The Labute approximate surface area is 78.1 Å². The Morgan fingerprint density at radius 3 is 2.69 bits per heavy atom. The van der Waals surface area contributed by atoms with Crippen LogP contribution >= 0.6 is 0 Å². The Hall–Kier alpha value is -0.570. The summed E-state index contributed by atoms with van der Waals surface area (Å²) in [7, 11) is 0. The van der Waals surface area contributed by atoms with Crippen LogP contribution in [-0.4, -0.2) is 23.3 Å². The van der Waals surface area contributed by atoms with Gasteiger partial charge in [-0.2, -0.15) is 0 Å². The van der Waals surface area contributed by atoms with Gasteiger partial charge in [-0.1, -0.05) is 19.8 Å². The highest BCUT2D eigenvalue weighted by Crippen LogP contribution is 2.41. The second-order valence-electron chi connectivity index (χ2n) is 4.24. The summed E-state index contributed by atoms with van der Waals surface area (Å²) in [4.78, 5) is 10.8. The van der Waals surface area contributed by atoms with Crippen LogP contribution in [0.2, 0.25) is 0 Å². The van der Waals surface area contributed by atoms with E-state index in [1.54, 1.807) is 0 Å². The van der Waals surface area contributed by atoms with E-state index < -0.39 is 12.1 Å². The number of carbonyl (C=O) groups is 1. The summed E-state index contributed by atoms with van der Waals surface area (Å²) in [6, 6.07) is 0. The first-order valence-electron chi connectivity index (χ1n) is 5.08. The van der Waals surface area contributed by atoms with Gasteiger partial charge in [0, 0.05) is 0 Å². The molecule has 1 N–H and O–H groups in total. The number of carboxylic acids is 1. The molecular formula is C10H16O3. The maximum absolute atomic E-state index is 10.8. The molecule has 1 saturated heterocycles. The smallest absolute Gasteiger partial charge is 0.333 e. The fraction of sp³-hybridized carbons (Fsp3) is 0.900. The first kappa shape index (κ1) is 9.00. The third-order valence-electron chi connectivity index (χ3n) is 3.47. The van der Waals surface area contributed by atoms with Crippen molar-refractivity contribution in [2.45, 2.75) is 44.8 Å². The molecule has 0 aromatic rings. The number of hydrogen-bond donors (Lipinski definition) is 1. The fourth-order valence-corrected chi connectivity index (χ4v) is 2.72. The van der Waals surface area contributed by atoms with E-state index in [1.807, 2.05) is 6.92 Å². The van der Waals surface area contributed by atoms with E-state index in [4.69, 9.17) is 9.84 Å². The van der Waals surface area contributed by atoms with Crippen molar-refractivity contribution in [1.29, 1.82) is 0 Å². The molecule has 2 aliphatic rings. The maximum atomic E-state index is 10.8. The van der Waals surface area contributed by atoms with Crippen molar-refractivity contribution in [3.8, 4) is 0 Å². The molecule has 1 aliphatic heterocycles. The van der Waals surface area contributed by atoms with Crippen molar-refractivity contribution >= 4 is 5.97 Å². The van der Waals surface area contributed by atoms with Gasteiger partial charge in [0.25, 0.3) is 0 Å². The Morgan fingerprint density at radius 1 is 1.38 bits per heavy atom. The second-order valence-corrected chi connectivity index (χ2v) is 4.24. The summed E-state index contributed by atoms with van der Waals surface area (Å²) in [6.07, 6.45) is 4.31. The molecule has 4 atom stereocenters. The lowest BCUT2D eigenvalue weighted by atomic mass is 9.79. The molecule has 13 heavy (non-hydrogen) atoms. The van der Waals surface area contributed by atoms with Gasteiger partial charge in [0.15, 0.2) is 6.10 Å². The molecule has 3 heteroatoms. The number of aliphatic carboxylic acids is 1. The average molecular weight is 184 g/mol. The van der Waals surface area contributed by atoms with Gasteiger partial charge in [0.1, 0.15) is 0 Å². The molecule has 74 valence electrons. The number of ether oxygens (including phenoxy) is 1. The van der Waals surface area contributed by atoms with Gasteiger partial charge in [-0.05, 0) is 24.7 Å². The van der Waals surface area contributed by atoms with E-state index in [1.165, 1.54) is 12.8 Å². The van der Waals surface area contributed by atoms with Crippen molar-refractivity contribution < 1.29 is 14.6 Å². The molecule has 1 aliphatic carbocycles. The summed E-state index contributed by atoms with van der Waals surface area (Å²) < 4.78 is 5.54. The van der Waals surface area contributed by atoms with Crippen LogP contribution in [0.25, 0.3) is 0 Å². The van der Waals surface area contributed by atoms with Crippen molar-refractivity contribution in [1.82, 2.24) is 0 Å². The molecule has 0 aromatic heterocycles. The van der Waals surface area contributed by atoms with Gasteiger partial charge in [-0.15, -0.1) is 0 Å². The third kappa shape index (κ3) is 1.46. The minimum atomic E-state index is -0.790. The van der Waals surface area contributed by atoms with Crippen LogP contribution in [0.15, 0.2) is 0 Å². The predicted octanol–water partition coefficient (Wildman–Crippen LogP) is 1.66. The molecule has 2 rings (SSSR count). The highest BCUT2D eigenvalue weighted by Gasteiger charge is 2.45. The molecule has 0 radical (unpaired) electrons. The number of hydrogen-bond acceptors (Lipinski definition) is 2. The summed E-state index contributed by atoms with van der Waals surface area (Å²) in [6.45, 7) is 2.01. The minimum absolute atomic E-state index is 0.197. The van der Waals surface area contributed by atoms with Gasteiger partial charge >= 0.3 is 5.97 Å². The van der Waals surface area contributed by atoms with Crippen LogP contribution in [-0.2, 0) is 9.53 Å². The molecule has 1 heterocycles. The van der Waals surface area contributed by atoms with Crippen LogP contribution in [0, 0.1) is 11.8 Å². The van der Waals surface area contributed by atoms with E-state index in [0.717, 1.165) is 12.8 Å². The maximum Gasteiger partial charge on any atom is 0.333 e. The molecule has 0 aromatic carbocycles. The zero-order chi connectivity index (χ0) is 9.42. The van der Waals surface area contributed by atoms with Crippen molar-refractivity contribution in [2.75, 3.05) is 0 Å². The monoisotopic (exact) mass is 184 g/mol. The Morgan fingerprint density at radius 2 is 2.08 bits per heavy atom. The van der Waals surface area contributed by atoms with E-state index in [9.17, 15) is 4.79 Å². The van der Waals surface area contributed by atoms with E-state index >= 15 is 0 Å². The molecule has 0 spiro atoms. The highest BCUT2D eigenvalue weighted by atomic mass is 16.5. The molecule has 1 saturated carbocycles. The van der Waals surface area contributed by atoms with Gasteiger partial charge in [-0.3, -0.25) is 0 Å². The molecule has 0 unspecified atom stereocenters. The first-order valence-corrected chi connectivity index (χ1v) is 5.08. The number of fused-ring (bicyclic) bond motifs is 1. The van der Waals surface area contributed by atoms with Crippen LogP contribution in [0.5, 0.6) is 0 Å². The van der Waals surface area contributed by atoms with Gasteiger partial charge in [0.2, 0.25) is 0 Å². The van der Waals surface area contributed by atoms with Crippen LogP contribution in [0.3, 0.4) is 0 Å². The lowest BCUT2D eigenvalue weighted by molar-refractivity contribution is -0.151. The van der Waals surface area contributed by atoms with E-state index in [2.05, 4.69) is 0 Å². The van der Waals surface area contributed by atoms with E-state index in [-0.39, 0.29) is 12.0 Å². The Balaban J connectivity index is 2.09. The second kappa shape index (κ2) is 3.29. The Kier molecular flexibility index (Phi) is 2.28. The summed E-state index contributed by atoms with van der Waals surface area (Å²) in [5, 5.41) is 8.91. The van der Waals surface area contributed by atoms with Crippen molar-refractivity contribution in [2.24, 2.45) is 11.8 Å². The standard InChI is InChI=1S/C10H16O3/c1-6-7-4-2-3-5-8(7)13-9(6)10(11)12/h6-9H,2-5H2,1H3,(H,11,12)/t6-,7-,8+,9+/m0/s1. The quantitative estimate of drug-likeness (QED) is 0.674. The molecular weight excluding hydrogens is 168 g/mol. The molecule has 3 nitrogen and oxygen atoms in total. The lowest BCUT2D eigenvalue weighted by Gasteiger charge is -2.25. The largest absolute Gasteiger partial charge is 0.479 e. The minimum Gasteiger partial charge on any atom is -0.479 e. The third-order valence-corrected chi connectivity index (χ3v) is 3.47. The van der Waals surface area contributed by atoms with E-state index in [0.29, 0.717) is 5.92 Å². The Bertz CT molecular complexity index is 214. The van der Waals surface area contributed by atoms with Crippen LogP contribution in [0.4, 0.5) is 0 Å². The summed E-state index contributed by atoms with van der Waals surface area (Å²) in [5.74, 6) is -0.0976. The summed E-state index contributed by atoms with van der Waals surface area (Å²) >= 11 is 0. The molecule has 0 bridgehead atoms. The van der Waals surface area contributed by atoms with Gasteiger partial charge in [-0.25, -0.2) is 4.79 Å². The summed E-state index contributed by atoms with van der Waals surface area (Å²) in [5.41, 5.74) is 0. The normalized spacial score (nSPS) is 44.4. The molecule has 0 amide bonds.